The van der Waals surface area contributed by atoms with Crippen LogP contribution in [-0.4, -0.2) is 114 Å². The molecule has 1 nitrogen and oxygen atoms in total. The van der Waals surface area contributed by atoms with Crippen molar-refractivity contribution in [3.8, 4) is 0 Å². The number of hydrogen-bond donors (Lipinski definition) is 0. The Morgan fingerprint density at radius 1 is 1.29 bits per heavy atom. The summed E-state index contributed by atoms with van der Waals surface area (Å²) in [6.07, 6.45) is 0. The van der Waals surface area contributed by atoms with Gasteiger partial charge in [0.05, 0.1) is 0 Å². The fourth-order valence-electron chi connectivity index (χ4n) is 0. The van der Waals surface area contributed by atoms with Crippen LogP contribution in [0.2, 0.25) is 0 Å². The van der Waals surface area contributed by atoms with Gasteiger partial charge in [0.15, 0.2) is 0 Å². The van der Waals surface area contributed by atoms with Crippen molar-refractivity contribution >= 4 is 114 Å². The van der Waals surface area contributed by atoms with E-state index in [2.05, 4.69) is 15.9 Å². The molecule has 2 radical (unpaired) electrons. The first-order valence-electron chi connectivity index (χ1n) is 0.123. The smallest absolute Gasteiger partial charge is 0 e. The topological polar surface area (TPSA) is 17.1 Å². The van der Waals surface area contributed by atoms with E-state index in [1.807, 2.05) is 0 Å². The first-order valence-corrected chi connectivity index (χ1v) is 0.508. The first-order chi connectivity index (χ1) is 1.00. The Hall–Kier alpha value is 5.75. The van der Waals surface area contributed by atoms with Gasteiger partial charge >= 0.3 is 106 Å². The zero-order valence-electron chi connectivity index (χ0n) is 7.71. The minimum atomic E-state index is 0. The van der Waals surface area contributed by atoms with Crippen LogP contribution in [0.25, 0.3) is 0 Å². The predicted molar refractivity (Wildman–Crippen MR) is 22.4 cm³/mol. The molecule has 7 heteroatoms. The molecule has 0 heterocycles. The molecule has 41 valence electrons. The van der Waals surface area contributed by atoms with Crippen LogP contribution in [0.4, 0.5) is 0 Å². The molecule has 0 saturated carbocycles. The molecule has 0 aliphatic heterocycles. The van der Waals surface area contributed by atoms with Crippen molar-refractivity contribution in [3.05, 3.63) is 0 Å². The van der Waals surface area contributed by atoms with Crippen LogP contribution in [0.3, 0.4) is 0 Å². The van der Waals surface area contributed by atoms with Gasteiger partial charge in [0.25, 0.3) is 0 Å². The second-order valence-electron chi connectivity index (χ2n) is 0. The summed E-state index contributed by atoms with van der Waals surface area (Å²) in [5, 5.41) is 0. The maximum Gasteiger partial charge on any atom is 0 e. The summed E-state index contributed by atoms with van der Waals surface area (Å²) >= 11 is 2.94. The molecule has 0 aromatic heterocycles. The van der Waals surface area contributed by atoms with Gasteiger partial charge in [-0.2, -0.15) is 0 Å². The second-order valence-corrected chi connectivity index (χ2v) is 0. The van der Waals surface area contributed by atoms with E-state index in [9.17, 15) is 0 Å². The molecular weight excluding hydrogens is 770 g/mol. The molecule has 7 heavy (non-hydrogen) atoms. The molecule has 0 spiro atoms. The molecule has 0 saturated heterocycles. The molecule has 0 aromatic rings. The van der Waals surface area contributed by atoms with E-state index in [1.165, 1.54) is 0 Å². The van der Waals surface area contributed by atoms with Crippen molar-refractivity contribution < 1.29 is 75.5 Å². The van der Waals surface area contributed by atoms with Crippen LogP contribution < -0.4 is 0 Å². The van der Waals surface area contributed by atoms with Crippen molar-refractivity contribution in [1.29, 1.82) is 0 Å². The molecule has 0 aliphatic carbocycles. The summed E-state index contributed by atoms with van der Waals surface area (Å²) in [4.78, 5) is 0. The third-order valence-electron chi connectivity index (χ3n) is 0. The third kappa shape index (κ3) is 33.8. The molecule has 0 N–H and O–H groups in total. The fourth-order valence-corrected chi connectivity index (χ4v) is 0. The van der Waals surface area contributed by atoms with Crippen LogP contribution in [0.5, 0.6) is 0 Å². The minimum Gasteiger partial charge on any atom is 0 e. The fraction of sp³-hybridized carbons (Fsp3) is 0. The zero-order chi connectivity index (χ0) is 2.00. The van der Waals surface area contributed by atoms with E-state index in [1.54, 1.807) is 0 Å². The number of rotatable bonds is 0. The van der Waals surface area contributed by atoms with Crippen LogP contribution in [0.15, 0.2) is 0 Å². The maximum absolute atomic E-state index is 7.81. The van der Waals surface area contributed by atoms with Gasteiger partial charge in [0.1, 0.15) is 0 Å². The Labute approximate surface area is 184 Å². The summed E-state index contributed by atoms with van der Waals surface area (Å²) in [5.41, 5.74) is 0. The molecule has 0 amide bonds. The Morgan fingerprint density at radius 2 is 1.29 bits per heavy atom. The SMILES string of the molecule is [Ag].[Ba+2].[Ca+2].[H-].[H-].[H-].[H-].[Hg].[O]=[Cu].[Tl]. The van der Waals surface area contributed by atoms with Crippen LogP contribution in [0.1, 0.15) is 5.71 Å². The van der Waals surface area contributed by atoms with E-state index >= 15 is 0 Å². The summed E-state index contributed by atoms with van der Waals surface area (Å²) in [7, 11) is 0. The van der Waals surface area contributed by atoms with E-state index in [0.29, 0.717) is 0 Å². The molecule has 0 bridgehead atoms. The maximum atomic E-state index is 7.81. The molecule has 0 atom stereocenters. The monoisotopic (exact) mass is 775 g/mol. The van der Waals surface area contributed by atoms with E-state index in [4.69, 9.17) is 3.83 Å². The van der Waals surface area contributed by atoms with Gasteiger partial charge in [-0.1, -0.05) is 0 Å². The first kappa shape index (κ1) is 38.6. The van der Waals surface area contributed by atoms with Crippen molar-refractivity contribution in [3.63, 3.8) is 0 Å². The standard InChI is InChI=1S/Ag.Ba.Ca.Cu.Hg.O.Tl.4H/q;2*+2;;;;;4*-1. The Kier molecular flexibility index (Phi) is 227. The van der Waals surface area contributed by atoms with Crippen molar-refractivity contribution in [2.75, 3.05) is 0 Å². The van der Waals surface area contributed by atoms with Crippen LogP contribution in [0, 0.1) is 0 Å². The normalized spacial score (nSPS) is 0.857. The van der Waals surface area contributed by atoms with E-state index in [-0.39, 0.29) is 170 Å². The van der Waals surface area contributed by atoms with Gasteiger partial charge in [0, 0.05) is 77.3 Å². The minimum absolute atomic E-state index is 0. The largest absolute Gasteiger partial charge is 0 e. The summed E-state index contributed by atoms with van der Waals surface area (Å²) < 4.78 is 7.81. The van der Waals surface area contributed by atoms with Crippen molar-refractivity contribution in [2.24, 2.45) is 0 Å². The average Bonchev–Trinajstić information content (AvgIpc) is 1.00. The van der Waals surface area contributed by atoms with Gasteiger partial charge < -0.3 is 5.71 Å². The van der Waals surface area contributed by atoms with Gasteiger partial charge in [0.2, 0.25) is 0 Å². The van der Waals surface area contributed by atoms with Crippen molar-refractivity contribution in [1.82, 2.24) is 0 Å². The van der Waals surface area contributed by atoms with E-state index in [0.717, 1.165) is 0 Å². The molecular formula is H4AgBaCaCuHgOTl. The van der Waals surface area contributed by atoms with E-state index < -0.39 is 0 Å². The van der Waals surface area contributed by atoms with Crippen LogP contribution in [-0.2, 0) is 69.8 Å². The summed E-state index contributed by atoms with van der Waals surface area (Å²) in [6, 6.07) is 0. The Bertz CT molecular complexity index is 30.1. The molecule has 0 aromatic carbocycles. The summed E-state index contributed by atoms with van der Waals surface area (Å²) in [5.74, 6) is 0. The number of hydrogen-bond acceptors (Lipinski definition) is 1. The quantitative estimate of drug-likeness (QED) is 0.295. The molecule has 0 aliphatic rings. The van der Waals surface area contributed by atoms with Crippen molar-refractivity contribution in [2.45, 2.75) is 0 Å². The molecule has 0 unspecified atom stereocenters. The average molecular weight is 774 g/mol. The molecule has 0 rings (SSSR count). The molecule has 0 fully saturated rings. The predicted octanol–water partition coefficient (Wildman–Crippen LogP) is -0.819. The van der Waals surface area contributed by atoms with Gasteiger partial charge in [-0.25, -0.2) is 0 Å². The van der Waals surface area contributed by atoms with Crippen LogP contribution >= 0.6 is 0 Å². The second kappa shape index (κ2) is 41.1. The summed E-state index contributed by atoms with van der Waals surface area (Å²) in [6.45, 7) is 0. The van der Waals surface area contributed by atoms with Gasteiger partial charge in [-0.05, 0) is 0 Å². The Balaban J connectivity index is -0.000000000139. The Morgan fingerprint density at radius 3 is 1.29 bits per heavy atom. The third-order valence-corrected chi connectivity index (χ3v) is 0. The van der Waals surface area contributed by atoms with Gasteiger partial charge in [-0.3, -0.25) is 0 Å². The van der Waals surface area contributed by atoms with Gasteiger partial charge in [-0.15, -0.1) is 0 Å². The zero-order valence-corrected chi connectivity index (χ0v) is 22.8.